The van der Waals surface area contributed by atoms with E-state index in [-0.39, 0.29) is 17.7 Å². The fraction of sp³-hybridized carbons (Fsp3) is 0.333. The van der Waals surface area contributed by atoms with Gasteiger partial charge in [-0.3, -0.25) is 0 Å². The predicted octanol–water partition coefficient (Wildman–Crippen LogP) is 8.13. The molecule has 0 radical (unpaired) electrons. The summed E-state index contributed by atoms with van der Waals surface area (Å²) >= 11 is 1.57. The van der Waals surface area contributed by atoms with Gasteiger partial charge in [0.15, 0.2) is 11.0 Å². The molecule has 9 nitrogen and oxygen atoms in total. The monoisotopic (exact) mass is 652 g/mol. The van der Waals surface area contributed by atoms with E-state index in [0.29, 0.717) is 23.1 Å². The first-order valence-corrected chi connectivity index (χ1v) is 15.9. The molecule has 46 heavy (non-hydrogen) atoms. The number of amides is 2. The molecule has 1 unspecified atom stereocenters. The molecule has 13 heteroatoms. The summed E-state index contributed by atoms with van der Waals surface area (Å²) in [6.45, 7) is 7.03. The molecule has 1 N–H and O–H groups in total. The number of anilines is 1. The van der Waals surface area contributed by atoms with Crippen molar-refractivity contribution in [2.24, 2.45) is 4.99 Å². The van der Waals surface area contributed by atoms with Crippen LogP contribution in [0, 0.1) is 0 Å². The number of carbonyl (C=O) groups is 1. The van der Waals surface area contributed by atoms with E-state index in [4.69, 9.17) is 4.74 Å². The number of hydrogen-bond donors (Lipinski definition) is 1. The van der Waals surface area contributed by atoms with Gasteiger partial charge >= 0.3 is 12.4 Å². The van der Waals surface area contributed by atoms with Crippen LogP contribution in [0.3, 0.4) is 0 Å². The maximum absolute atomic E-state index is 13.2. The van der Waals surface area contributed by atoms with Crippen molar-refractivity contribution in [2.45, 2.75) is 51.9 Å². The Bertz CT molecular complexity index is 1670. The molecule has 4 aromatic rings. The Hall–Kier alpha value is -4.52. The number of alkyl halides is 3. The Balaban J connectivity index is 1.28. The largest absolute Gasteiger partial charge is 0.573 e. The highest BCUT2D eigenvalue weighted by Gasteiger charge is 2.31. The summed E-state index contributed by atoms with van der Waals surface area (Å²) in [4.78, 5) is 24.2. The first-order chi connectivity index (χ1) is 22.0. The van der Waals surface area contributed by atoms with E-state index in [9.17, 15) is 18.0 Å². The van der Waals surface area contributed by atoms with Gasteiger partial charge in [0, 0.05) is 29.6 Å². The minimum Gasteiger partial charge on any atom is -0.497 e. The third-order valence-corrected chi connectivity index (χ3v) is 8.50. The maximum Gasteiger partial charge on any atom is 0.573 e. The number of benzene rings is 3. The van der Waals surface area contributed by atoms with Crippen molar-refractivity contribution in [1.82, 2.24) is 20.1 Å². The Morgan fingerprint density at radius 3 is 2.43 bits per heavy atom. The highest BCUT2D eigenvalue weighted by molar-refractivity contribution is 8.14. The summed E-state index contributed by atoms with van der Waals surface area (Å²) < 4.78 is 48.3. The van der Waals surface area contributed by atoms with Crippen molar-refractivity contribution >= 4 is 28.6 Å². The van der Waals surface area contributed by atoms with Crippen LogP contribution in [-0.4, -0.2) is 51.7 Å². The fourth-order valence-corrected chi connectivity index (χ4v) is 6.07. The molecule has 2 amide bonds. The lowest BCUT2D eigenvalue weighted by Crippen LogP contribution is -2.37. The minimum absolute atomic E-state index is 0.265. The van der Waals surface area contributed by atoms with Gasteiger partial charge in [-0.25, -0.2) is 14.5 Å². The van der Waals surface area contributed by atoms with Crippen molar-refractivity contribution in [3.05, 3.63) is 84.2 Å². The van der Waals surface area contributed by atoms with Crippen LogP contribution in [0.25, 0.3) is 17.1 Å². The average Bonchev–Trinajstić information content (AvgIpc) is 3.54. The van der Waals surface area contributed by atoms with Crippen LogP contribution >= 0.6 is 11.8 Å². The number of hydrogen-bond acceptors (Lipinski definition) is 6. The molecule has 1 aliphatic heterocycles. The molecule has 1 aliphatic rings. The number of ether oxygens (including phenoxy) is 2. The van der Waals surface area contributed by atoms with Crippen molar-refractivity contribution in [3.8, 4) is 28.6 Å². The zero-order valence-corrected chi connectivity index (χ0v) is 26.7. The second-order valence-electron chi connectivity index (χ2n) is 10.9. The Morgan fingerprint density at radius 2 is 1.78 bits per heavy atom. The number of aliphatic imine (C=N–C) groups is 1. The topological polar surface area (TPSA) is 93.9 Å². The third kappa shape index (κ3) is 8.00. The van der Waals surface area contributed by atoms with Gasteiger partial charge in [0.25, 0.3) is 0 Å². The molecule has 1 fully saturated rings. The second-order valence-corrected chi connectivity index (χ2v) is 12.0. The van der Waals surface area contributed by atoms with Gasteiger partial charge in [-0.2, -0.15) is 4.99 Å². The maximum atomic E-state index is 13.2. The normalized spacial score (nSPS) is 15.2. The number of carbonyl (C=O) groups excluding carboxylic acids is 1. The van der Waals surface area contributed by atoms with Crippen molar-refractivity contribution < 1.29 is 27.4 Å². The van der Waals surface area contributed by atoms with Crippen LogP contribution < -0.4 is 19.7 Å². The summed E-state index contributed by atoms with van der Waals surface area (Å²) in [6.07, 6.45) is -1.65. The minimum atomic E-state index is -4.76. The summed E-state index contributed by atoms with van der Waals surface area (Å²) in [6, 6.07) is 18.3. The number of methoxy groups -OCH3 is 1. The van der Waals surface area contributed by atoms with E-state index < -0.39 is 12.4 Å². The number of thioether (sulfide) groups is 1. The van der Waals surface area contributed by atoms with Gasteiger partial charge in [0.2, 0.25) is 0 Å². The summed E-state index contributed by atoms with van der Waals surface area (Å²) in [5, 5.41) is 8.18. The molecular weight excluding hydrogens is 617 g/mol. The molecule has 5 rings (SSSR count). The molecule has 0 saturated carbocycles. The van der Waals surface area contributed by atoms with E-state index in [1.165, 1.54) is 35.3 Å². The number of nitrogens with one attached hydrogen (secondary N) is 1. The van der Waals surface area contributed by atoms with Crippen molar-refractivity contribution in [3.63, 3.8) is 0 Å². The van der Waals surface area contributed by atoms with E-state index >= 15 is 0 Å². The Morgan fingerprint density at radius 1 is 1.07 bits per heavy atom. The van der Waals surface area contributed by atoms with Crippen molar-refractivity contribution in [1.29, 1.82) is 0 Å². The lowest BCUT2D eigenvalue weighted by molar-refractivity contribution is -0.274. The first-order valence-electron chi connectivity index (χ1n) is 14.9. The van der Waals surface area contributed by atoms with Gasteiger partial charge in [-0.1, -0.05) is 62.9 Å². The van der Waals surface area contributed by atoms with Crippen LogP contribution in [0.1, 0.15) is 56.7 Å². The third-order valence-electron chi connectivity index (χ3n) is 7.44. The smallest absolute Gasteiger partial charge is 0.497 e. The van der Waals surface area contributed by atoms with E-state index in [1.807, 2.05) is 43.3 Å². The molecule has 2 heterocycles. The highest BCUT2D eigenvalue weighted by Crippen LogP contribution is 2.35. The van der Waals surface area contributed by atoms with E-state index in [2.05, 4.69) is 49.9 Å². The second kappa shape index (κ2) is 14.3. The zero-order chi connectivity index (χ0) is 32.8. The summed E-state index contributed by atoms with van der Waals surface area (Å²) in [5.41, 5.74) is 4.34. The van der Waals surface area contributed by atoms with E-state index in [1.54, 1.807) is 18.9 Å². The van der Waals surface area contributed by atoms with Gasteiger partial charge in [-0.15, -0.1) is 18.3 Å². The summed E-state index contributed by atoms with van der Waals surface area (Å²) in [5.74, 6) is 2.04. The molecule has 0 spiro atoms. The number of aromatic nitrogens is 3. The van der Waals surface area contributed by atoms with Crippen LogP contribution in [0.2, 0.25) is 0 Å². The molecule has 1 saturated heterocycles. The van der Waals surface area contributed by atoms with Gasteiger partial charge in [0.1, 0.15) is 17.8 Å². The van der Waals surface area contributed by atoms with Crippen molar-refractivity contribution in [2.75, 3.05) is 24.3 Å². The predicted molar refractivity (Wildman–Crippen MR) is 174 cm³/mol. The first kappa shape index (κ1) is 32.9. The highest BCUT2D eigenvalue weighted by atomic mass is 32.2. The zero-order valence-electron chi connectivity index (χ0n) is 25.9. The Kier molecular flexibility index (Phi) is 10.2. The molecular formula is C33H35F3N6O3S. The molecule has 3 aromatic carbocycles. The molecule has 0 bridgehead atoms. The lowest BCUT2D eigenvalue weighted by atomic mass is 10.00. The van der Waals surface area contributed by atoms with Crippen LogP contribution in [0.15, 0.2) is 78.0 Å². The lowest BCUT2D eigenvalue weighted by Gasteiger charge is -2.32. The number of nitrogens with zero attached hydrogens (tertiary/aromatic N) is 5. The van der Waals surface area contributed by atoms with E-state index in [0.717, 1.165) is 46.8 Å². The standard InChI is InChI=1S/C33H35F3N6O3S/c1-5-28(38-31(43)39-32-41(17-6-18-46-32)29-19-26(44-4)15-16-27(29)21(2)3)22-7-9-23(10-8-22)30-37-20-42(40-30)24-11-13-25(14-12-24)45-33(34,35)36/h7-16,19-21,28H,5-6,17-18H2,1-4H3,(H,38,43)/b39-32-. The quantitative estimate of drug-likeness (QED) is 0.195. The fourth-order valence-electron chi connectivity index (χ4n) is 5.12. The molecule has 0 aliphatic carbocycles. The van der Waals surface area contributed by atoms with Crippen LogP contribution in [-0.2, 0) is 0 Å². The molecule has 242 valence electrons. The average molecular weight is 653 g/mol. The van der Waals surface area contributed by atoms with Gasteiger partial charge < -0.3 is 19.7 Å². The van der Waals surface area contributed by atoms with Crippen LogP contribution in [0.5, 0.6) is 11.5 Å². The van der Waals surface area contributed by atoms with Crippen LogP contribution in [0.4, 0.5) is 23.7 Å². The number of urea groups is 1. The van der Waals surface area contributed by atoms with Gasteiger partial charge in [-0.05, 0) is 60.2 Å². The molecule has 1 aromatic heterocycles. The number of halogens is 3. The molecule has 1 atom stereocenters. The number of amidine groups is 1. The SMILES string of the molecule is CCC(NC(=O)/N=C1\SCCCN1c1cc(OC)ccc1C(C)C)c1ccc(-c2ncn(-c3ccc(OC(F)(F)F)cc3)n2)cc1. The van der Waals surface area contributed by atoms with Gasteiger partial charge in [0.05, 0.1) is 18.8 Å². The summed E-state index contributed by atoms with van der Waals surface area (Å²) in [7, 11) is 1.64. The Labute approximate surface area is 269 Å². The number of rotatable bonds is 9.